The minimum atomic E-state index is -0.493. The van der Waals surface area contributed by atoms with Crippen molar-refractivity contribution in [3.8, 4) is 0 Å². The van der Waals surface area contributed by atoms with Gasteiger partial charge < -0.3 is 4.57 Å². The molecule has 4 nitrogen and oxygen atoms in total. The SMILES string of the molecule is Cn1cnc(C(=O)C2CC(C(C)(C)C)CCC2=O)c1. The van der Waals surface area contributed by atoms with E-state index < -0.39 is 5.92 Å². The van der Waals surface area contributed by atoms with Crippen LogP contribution in [0.25, 0.3) is 0 Å². The van der Waals surface area contributed by atoms with Crippen LogP contribution in [0.2, 0.25) is 0 Å². The molecule has 1 saturated carbocycles. The summed E-state index contributed by atoms with van der Waals surface area (Å²) >= 11 is 0. The molecule has 0 aromatic carbocycles. The van der Waals surface area contributed by atoms with Crippen molar-refractivity contribution in [2.24, 2.45) is 24.3 Å². The Morgan fingerprint density at radius 2 is 2.11 bits per heavy atom. The van der Waals surface area contributed by atoms with E-state index in [-0.39, 0.29) is 17.0 Å². The molecule has 0 bridgehead atoms. The smallest absolute Gasteiger partial charge is 0.193 e. The highest BCUT2D eigenvalue weighted by molar-refractivity contribution is 6.10. The molecular formula is C15H22N2O2. The van der Waals surface area contributed by atoms with Crippen LogP contribution in [-0.2, 0) is 11.8 Å². The highest BCUT2D eigenvalue weighted by Crippen LogP contribution is 2.39. The minimum absolute atomic E-state index is 0.0798. The third-order valence-corrected chi connectivity index (χ3v) is 4.15. The average Bonchev–Trinajstić information content (AvgIpc) is 2.74. The molecule has 0 aliphatic heterocycles. The molecular weight excluding hydrogens is 240 g/mol. The molecule has 0 saturated heterocycles. The Morgan fingerprint density at radius 3 is 2.63 bits per heavy atom. The van der Waals surface area contributed by atoms with Crippen molar-refractivity contribution in [3.63, 3.8) is 0 Å². The molecule has 1 aliphatic rings. The zero-order valence-electron chi connectivity index (χ0n) is 12.1. The number of aromatic nitrogens is 2. The van der Waals surface area contributed by atoms with Crippen LogP contribution in [0.1, 0.15) is 50.5 Å². The Morgan fingerprint density at radius 1 is 1.42 bits per heavy atom. The number of nitrogens with zero attached hydrogens (tertiary/aromatic N) is 2. The van der Waals surface area contributed by atoms with Crippen LogP contribution in [0.5, 0.6) is 0 Å². The lowest BCUT2D eigenvalue weighted by Crippen LogP contribution is -2.36. The molecule has 2 rings (SSSR count). The molecule has 0 N–H and O–H groups in total. The molecule has 1 aromatic heterocycles. The van der Waals surface area contributed by atoms with Gasteiger partial charge in [0.25, 0.3) is 0 Å². The Kier molecular flexibility index (Phi) is 3.61. The minimum Gasteiger partial charge on any atom is -0.340 e. The third kappa shape index (κ3) is 2.94. The van der Waals surface area contributed by atoms with Crippen LogP contribution in [0, 0.1) is 17.3 Å². The number of imidazole rings is 1. The van der Waals surface area contributed by atoms with Gasteiger partial charge in [0.2, 0.25) is 0 Å². The largest absolute Gasteiger partial charge is 0.340 e. The predicted octanol–water partition coefficient (Wildman–Crippen LogP) is 2.63. The van der Waals surface area contributed by atoms with Gasteiger partial charge in [-0.15, -0.1) is 0 Å². The third-order valence-electron chi connectivity index (χ3n) is 4.15. The molecule has 2 unspecified atom stereocenters. The first kappa shape index (κ1) is 14.0. The maximum absolute atomic E-state index is 12.4. The summed E-state index contributed by atoms with van der Waals surface area (Å²) in [6, 6.07) is 0. The van der Waals surface area contributed by atoms with Crippen LogP contribution >= 0.6 is 0 Å². The molecule has 1 heterocycles. The number of carbonyl (C=O) groups excluding carboxylic acids is 2. The van der Waals surface area contributed by atoms with Crippen LogP contribution in [0.15, 0.2) is 12.5 Å². The van der Waals surface area contributed by atoms with E-state index >= 15 is 0 Å². The van der Waals surface area contributed by atoms with Crippen LogP contribution in [0.4, 0.5) is 0 Å². The predicted molar refractivity (Wildman–Crippen MR) is 72.8 cm³/mol. The summed E-state index contributed by atoms with van der Waals surface area (Å²) < 4.78 is 1.74. The number of rotatable bonds is 2. The van der Waals surface area contributed by atoms with E-state index in [4.69, 9.17) is 0 Å². The molecule has 19 heavy (non-hydrogen) atoms. The summed E-state index contributed by atoms with van der Waals surface area (Å²) in [5.41, 5.74) is 0.555. The molecule has 0 spiro atoms. The van der Waals surface area contributed by atoms with Crippen molar-refractivity contribution in [3.05, 3.63) is 18.2 Å². The quantitative estimate of drug-likeness (QED) is 0.608. The first-order valence-corrected chi connectivity index (χ1v) is 6.84. The van der Waals surface area contributed by atoms with Gasteiger partial charge >= 0.3 is 0 Å². The number of hydrogen-bond acceptors (Lipinski definition) is 3. The number of aryl methyl sites for hydroxylation is 1. The lowest BCUT2D eigenvalue weighted by Gasteiger charge is -2.36. The van der Waals surface area contributed by atoms with Gasteiger partial charge in [-0.3, -0.25) is 9.59 Å². The highest BCUT2D eigenvalue weighted by Gasteiger charge is 2.39. The fraction of sp³-hybridized carbons (Fsp3) is 0.667. The first-order valence-electron chi connectivity index (χ1n) is 6.84. The molecule has 1 aliphatic carbocycles. The molecule has 1 aromatic rings. The van der Waals surface area contributed by atoms with E-state index in [2.05, 4.69) is 25.8 Å². The molecule has 104 valence electrons. The van der Waals surface area contributed by atoms with Crippen LogP contribution in [-0.4, -0.2) is 21.1 Å². The summed E-state index contributed by atoms with van der Waals surface area (Å²) in [6.45, 7) is 6.53. The summed E-state index contributed by atoms with van der Waals surface area (Å²) in [7, 11) is 1.82. The zero-order valence-corrected chi connectivity index (χ0v) is 12.1. The van der Waals surface area contributed by atoms with Gasteiger partial charge in [-0.05, 0) is 24.2 Å². The van der Waals surface area contributed by atoms with E-state index in [1.165, 1.54) is 0 Å². The summed E-state index contributed by atoms with van der Waals surface area (Å²) in [4.78, 5) is 28.5. The number of Topliss-reactive ketones (excluding diaryl/α,β-unsaturated/α-hetero) is 2. The molecule has 0 radical (unpaired) electrons. The summed E-state index contributed by atoms with van der Waals surface area (Å²) in [6.07, 6.45) is 5.37. The van der Waals surface area contributed by atoms with Crippen molar-refractivity contribution in [2.45, 2.75) is 40.0 Å². The van der Waals surface area contributed by atoms with Crippen molar-refractivity contribution < 1.29 is 9.59 Å². The second-order valence-electron chi connectivity index (χ2n) is 6.64. The van der Waals surface area contributed by atoms with Crippen molar-refractivity contribution in [1.82, 2.24) is 9.55 Å². The number of ketones is 2. The van der Waals surface area contributed by atoms with E-state index in [1.54, 1.807) is 17.1 Å². The Bertz CT molecular complexity index is 496. The number of carbonyl (C=O) groups is 2. The van der Waals surface area contributed by atoms with Crippen molar-refractivity contribution >= 4 is 11.6 Å². The molecule has 2 atom stereocenters. The Balaban J connectivity index is 2.18. The topological polar surface area (TPSA) is 52.0 Å². The molecule has 1 fully saturated rings. The van der Waals surface area contributed by atoms with Crippen molar-refractivity contribution in [1.29, 1.82) is 0 Å². The second-order valence-corrected chi connectivity index (χ2v) is 6.64. The fourth-order valence-electron chi connectivity index (χ4n) is 2.78. The summed E-state index contributed by atoms with van der Waals surface area (Å²) in [5, 5.41) is 0. The van der Waals surface area contributed by atoms with Gasteiger partial charge in [0.1, 0.15) is 11.5 Å². The van der Waals surface area contributed by atoms with E-state index in [9.17, 15) is 9.59 Å². The summed E-state index contributed by atoms with van der Waals surface area (Å²) in [5.74, 6) is -0.105. The maximum Gasteiger partial charge on any atom is 0.193 e. The van der Waals surface area contributed by atoms with E-state index in [1.807, 2.05) is 7.05 Å². The normalized spacial score (nSPS) is 24.5. The van der Waals surface area contributed by atoms with Gasteiger partial charge in [0.05, 0.1) is 12.2 Å². The van der Waals surface area contributed by atoms with Gasteiger partial charge in [-0.2, -0.15) is 0 Å². The van der Waals surface area contributed by atoms with Gasteiger partial charge in [-0.25, -0.2) is 4.98 Å². The highest BCUT2D eigenvalue weighted by atomic mass is 16.2. The second kappa shape index (κ2) is 4.91. The Labute approximate surface area is 114 Å². The Hall–Kier alpha value is -1.45. The number of hydrogen-bond donors (Lipinski definition) is 0. The van der Waals surface area contributed by atoms with E-state index in [0.717, 1.165) is 6.42 Å². The molecule has 4 heteroatoms. The van der Waals surface area contributed by atoms with Gasteiger partial charge in [-0.1, -0.05) is 20.8 Å². The van der Waals surface area contributed by atoms with Crippen LogP contribution in [0.3, 0.4) is 0 Å². The maximum atomic E-state index is 12.4. The average molecular weight is 262 g/mol. The molecule has 0 amide bonds. The standard InChI is InChI=1S/C15H22N2O2/c1-15(2,3)10-5-6-13(18)11(7-10)14(19)12-8-17(4)9-16-12/h8-11H,5-7H2,1-4H3. The monoisotopic (exact) mass is 262 g/mol. The van der Waals surface area contributed by atoms with Crippen LogP contribution < -0.4 is 0 Å². The lowest BCUT2D eigenvalue weighted by molar-refractivity contribution is -0.124. The fourth-order valence-corrected chi connectivity index (χ4v) is 2.78. The lowest BCUT2D eigenvalue weighted by atomic mass is 9.67. The van der Waals surface area contributed by atoms with E-state index in [0.29, 0.717) is 24.5 Å². The first-order chi connectivity index (χ1) is 8.79. The zero-order chi connectivity index (χ0) is 14.2. The van der Waals surface area contributed by atoms with Gasteiger partial charge in [0.15, 0.2) is 5.78 Å². The van der Waals surface area contributed by atoms with Crippen molar-refractivity contribution in [2.75, 3.05) is 0 Å². The van der Waals surface area contributed by atoms with Gasteiger partial charge in [0, 0.05) is 19.7 Å².